The number of nitrogens with zero attached hydrogens (tertiary/aromatic N) is 2. The lowest BCUT2D eigenvalue weighted by Crippen LogP contribution is -2.32. The molecule has 0 bridgehead atoms. The highest BCUT2D eigenvalue weighted by Crippen LogP contribution is 2.31. The average molecular weight is 340 g/mol. The molecule has 0 atom stereocenters. The predicted octanol–water partition coefficient (Wildman–Crippen LogP) is 3.29. The Hall–Kier alpha value is -1.89. The molecule has 128 valence electrons. The standard InChI is InChI=1S/C16H24N2O4S/c1-11(2)9-18(10-12(3)4)14-8-6-7-13(17-23(20)21)15(14)16(19)22-5/h6-8,11-12H,9-10H2,1-5H3. The van der Waals surface area contributed by atoms with Crippen molar-refractivity contribution in [3.8, 4) is 0 Å². The molecule has 6 nitrogen and oxygen atoms in total. The third-order valence-corrected chi connectivity index (χ3v) is 3.44. The highest BCUT2D eigenvalue weighted by molar-refractivity contribution is 7.61. The number of esters is 1. The van der Waals surface area contributed by atoms with Gasteiger partial charge < -0.3 is 9.64 Å². The Bertz CT molecular complexity index is 663. The van der Waals surface area contributed by atoms with Gasteiger partial charge in [0.2, 0.25) is 0 Å². The summed E-state index contributed by atoms with van der Waals surface area (Å²) >= 11 is 0. The maximum Gasteiger partial charge on any atom is 0.342 e. The third kappa shape index (κ3) is 5.67. The molecule has 0 N–H and O–H groups in total. The number of rotatable bonds is 7. The lowest BCUT2D eigenvalue weighted by Gasteiger charge is -2.30. The Morgan fingerprint density at radius 2 is 1.74 bits per heavy atom. The van der Waals surface area contributed by atoms with Crippen molar-refractivity contribution >= 4 is 27.8 Å². The minimum Gasteiger partial charge on any atom is -0.465 e. The van der Waals surface area contributed by atoms with Crippen LogP contribution >= 0.6 is 0 Å². The summed E-state index contributed by atoms with van der Waals surface area (Å²) in [5.74, 6) is 0.171. The lowest BCUT2D eigenvalue weighted by molar-refractivity contribution is 0.0602. The normalized spacial score (nSPS) is 10.7. The predicted molar refractivity (Wildman–Crippen MR) is 90.7 cm³/mol. The van der Waals surface area contributed by atoms with Crippen LogP contribution in [0.15, 0.2) is 22.6 Å². The van der Waals surface area contributed by atoms with E-state index in [-0.39, 0.29) is 11.3 Å². The van der Waals surface area contributed by atoms with E-state index in [1.54, 1.807) is 12.1 Å². The first-order chi connectivity index (χ1) is 10.8. The van der Waals surface area contributed by atoms with Crippen LogP contribution in [0, 0.1) is 11.8 Å². The molecule has 7 heteroatoms. The minimum atomic E-state index is -2.64. The summed E-state index contributed by atoms with van der Waals surface area (Å²) in [7, 11) is -1.37. The summed E-state index contributed by atoms with van der Waals surface area (Å²) in [6.07, 6.45) is 0. The molecule has 0 aliphatic carbocycles. The summed E-state index contributed by atoms with van der Waals surface area (Å²) in [5.41, 5.74) is 0.923. The molecule has 1 rings (SSSR count). The number of anilines is 1. The summed E-state index contributed by atoms with van der Waals surface area (Å²) < 4.78 is 30.2. The number of hydrogen-bond donors (Lipinski definition) is 0. The fourth-order valence-corrected chi connectivity index (χ4v) is 2.72. The van der Waals surface area contributed by atoms with Crippen LogP contribution in [0.3, 0.4) is 0 Å². The van der Waals surface area contributed by atoms with Gasteiger partial charge in [0, 0.05) is 13.1 Å². The average Bonchev–Trinajstić information content (AvgIpc) is 2.44. The Morgan fingerprint density at radius 1 is 1.17 bits per heavy atom. The summed E-state index contributed by atoms with van der Waals surface area (Å²) in [5, 5.41) is 0. The first-order valence-electron chi connectivity index (χ1n) is 7.53. The smallest absolute Gasteiger partial charge is 0.342 e. The van der Waals surface area contributed by atoms with Crippen molar-refractivity contribution in [2.24, 2.45) is 16.2 Å². The second-order valence-corrected chi connectivity index (χ2v) is 6.78. The van der Waals surface area contributed by atoms with Crippen molar-refractivity contribution in [3.63, 3.8) is 0 Å². The van der Waals surface area contributed by atoms with E-state index in [0.717, 1.165) is 13.1 Å². The largest absolute Gasteiger partial charge is 0.465 e. The molecule has 0 unspecified atom stereocenters. The zero-order valence-corrected chi connectivity index (χ0v) is 15.1. The first-order valence-corrected chi connectivity index (χ1v) is 8.56. The molecule has 0 fully saturated rings. The topological polar surface area (TPSA) is 76.0 Å². The van der Waals surface area contributed by atoms with Crippen LogP contribution in [0.4, 0.5) is 11.4 Å². The van der Waals surface area contributed by atoms with E-state index in [9.17, 15) is 13.2 Å². The molecular formula is C16H24N2O4S. The second-order valence-electron chi connectivity index (χ2n) is 6.16. The maximum absolute atomic E-state index is 12.2. The van der Waals surface area contributed by atoms with Gasteiger partial charge in [0.15, 0.2) is 0 Å². The maximum atomic E-state index is 12.2. The van der Waals surface area contributed by atoms with Crippen molar-refractivity contribution in [2.45, 2.75) is 27.7 Å². The van der Waals surface area contributed by atoms with Crippen molar-refractivity contribution in [1.82, 2.24) is 0 Å². The van der Waals surface area contributed by atoms with Gasteiger partial charge in [-0.25, -0.2) is 4.79 Å². The summed E-state index contributed by atoms with van der Waals surface area (Å²) in [4.78, 5) is 14.3. The number of carbonyl (C=O) groups excluding carboxylic acids is 1. The number of hydrogen-bond acceptors (Lipinski definition) is 6. The van der Waals surface area contributed by atoms with Crippen LogP contribution < -0.4 is 4.90 Å². The molecule has 23 heavy (non-hydrogen) atoms. The molecule has 1 aromatic carbocycles. The van der Waals surface area contributed by atoms with Crippen molar-refractivity contribution in [3.05, 3.63) is 23.8 Å². The van der Waals surface area contributed by atoms with Crippen LogP contribution in [0.25, 0.3) is 0 Å². The van der Waals surface area contributed by atoms with E-state index in [1.807, 2.05) is 0 Å². The number of ether oxygens (including phenoxy) is 1. The van der Waals surface area contributed by atoms with Gasteiger partial charge in [-0.2, -0.15) is 8.42 Å². The van der Waals surface area contributed by atoms with Gasteiger partial charge in [0.1, 0.15) is 5.56 Å². The van der Waals surface area contributed by atoms with Crippen molar-refractivity contribution in [2.75, 3.05) is 25.1 Å². The fraction of sp³-hybridized carbons (Fsp3) is 0.562. The summed E-state index contributed by atoms with van der Waals surface area (Å²) in [6.45, 7) is 9.84. The van der Waals surface area contributed by atoms with E-state index in [1.165, 1.54) is 13.2 Å². The highest BCUT2D eigenvalue weighted by Gasteiger charge is 2.22. The molecule has 0 spiro atoms. The van der Waals surface area contributed by atoms with Crippen LogP contribution in [0.1, 0.15) is 38.1 Å². The van der Waals surface area contributed by atoms with Gasteiger partial charge >= 0.3 is 16.5 Å². The molecule has 0 radical (unpaired) electrons. The molecule has 1 aromatic rings. The quantitative estimate of drug-likeness (QED) is 0.712. The SMILES string of the molecule is COC(=O)c1c(N=S(=O)=O)cccc1N(CC(C)C)CC(C)C. The summed E-state index contributed by atoms with van der Waals surface area (Å²) in [6, 6.07) is 4.99. The van der Waals surface area contributed by atoms with E-state index >= 15 is 0 Å². The molecule has 0 saturated heterocycles. The third-order valence-electron chi connectivity index (χ3n) is 3.09. The zero-order chi connectivity index (χ0) is 17.6. The van der Waals surface area contributed by atoms with Crippen LogP contribution in [-0.2, 0) is 15.2 Å². The van der Waals surface area contributed by atoms with Gasteiger partial charge in [-0.05, 0) is 24.0 Å². The number of methoxy groups -OCH3 is 1. The highest BCUT2D eigenvalue weighted by atomic mass is 32.2. The monoisotopic (exact) mass is 340 g/mol. The Labute approximate surface area is 139 Å². The van der Waals surface area contributed by atoms with E-state index in [4.69, 9.17) is 4.74 Å². The fourth-order valence-electron chi connectivity index (χ4n) is 2.41. The van der Waals surface area contributed by atoms with Crippen LogP contribution in [-0.4, -0.2) is 34.6 Å². The minimum absolute atomic E-state index is 0.0974. The zero-order valence-electron chi connectivity index (χ0n) is 14.2. The Kier molecular flexibility index (Phi) is 7.22. The Balaban J connectivity index is 3.52. The van der Waals surface area contributed by atoms with Crippen molar-refractivity contribution < 1.29 is 17.9 Å². The molecule has 0 saturated carbocycles. The van der Waals surface area contributed by atoms with E-state index in [0.29, 0.717) is 17.5 Å². The molecule has 0 aromatic heterocycles. The molecule has 0 aliphatic heterocycles. The first kappa shape index (κ1) is 19.2. The van der Waals surface area contributed by atoms with E-state index in [2.05, 4.69) is 37.0 Å². The van der Waals surface area contributed by atoms with Gasteiger partial charge in [0.05, 0.1) is 18.5 Å². The lowest BCUT2D eigenvalue weighted by atomic mass is 10.1. The molecule has 0 heterocycles. The van der Waals surface area contributed by atoms with E-state index < -0.39 is 16.5 Å². The van der Waals surface area contributed by atoms with Gasteiger partial charge in [0.25, 0.3) is 0 Å². The number of carbonyl (C=O) groups is 1. The molecular weight excluding hydrogens is 316 g/mol. The molecule has 0 amide bonds. The van der Waals surface area contributed by atoms with Gasteiger partial charge in [-0.1, -0.05) is 33.8 Å². The Morgan fingerprint density at radius 3 is 2.17 bits per heavy atom. The molecule has 0 aliphatic rings. The van der Waals surface area contributed by atoms with Crippen LogP contribution in [0.2, 0.25) is 0 Å². The van der Waals surface area contributed by atoms with Gasteiger partial charge in [-0.3, -0.25) is 0 Å². The van der Waals surface area contributed by atoms with Crippen LogP contribution in [0.5, 0.6) is 0 Å². The van der Waals surface area contributed by atoms with Gasteiger partial charge in [-0.15, -0.1) is 4.36 Å². The number of benzene rings is 1. The van der Waals surface area contributed by atoms with Crippen molar-refractivity contribution in [1.29, 1.82) is 0 Å². The second kappa shape index (κ2) is 8.67.